The minimum Gasteiger partial charge on any atom is -0.454 e. The number of aromatic nitrogens is 1. The van der Waals surface area contributed by atoms with Gasteiger partial charge in [-0.15, -0.1) is 0 Å². The number of fused-ring (bicyclic) bond motifs is 4. The molecule has 0 aliphatic rings. The van der Waals surface area contributed by atoms with Crippen molar-refractivity contribution in [1.82, 2.24) is 4.98 Å². The molecule has 2 aromatic heterocycles. The highest BCUT2D eigenvalue weighted by Gasteiger charge is 2.17. The lowest BCUT2D eigenvalue weighted by atomic mass is 9.98. The van der Waals surface area contributed by atoms with Gasteiger partial charge in [-0.1, -0.05) is 54.1 Å². The second-order valence-electron chi connectivity index (χ2n) is 6.15. The van der Waals surface area contributed by atoms with Gasteiger partial charge >= 0.3 is 0 Å². The van der Waals surface area contributed by atoms with Crippen LogP contribution in [-0.2, 0) is 0 Å². The Morgan fingerprint density at radius 1 is 0.792 bits per heavy atom. The van der Waals surface area contributed by atoms with Crippen molar-refractivity contribution in [3.63, 3.8) is 0 Å². The van der Waals surface area contributed by atoms with E-state index in [0.717, 1.165) is 44.1 Å². The fraction of sp³-hybridized carbons (Fsp3) is 0.0455. The SMILES string of the molecule is Cc1ccc2nc3c(oc4ccccc43)c(-c3ccccc3)c2c1. The summed E-state index contributed by atoms with van der Waals surface area (Å²) in [6.45, 7) is 2.11. The first-order valence-corrected chi connectivity index (χ1v) is 8.08. The number of hydrogen-bond acceptors (Lipinski definition) is 2. The van der Waals surface area contributed by atoms with Crippen LogP contribution in [0.2, 0.25) is 0 Å². The second kappa shape index (κ2) is 4.93. The molecular formula is C22H15NO. The van der Waals surface area contributed by atoms with Crippen LogP contribution in [0.1, 0.15) is 5.56 Å². The summed E-state index contributed by atoms with van der Waals surface area (Å²) >= 11 is 0. The van der Waals surface area contributed by atoms with Crippen molar-refractivity contribution in [2.75, 3.05) is 0 Å². The van der Waals surface area contributed by atoms with E-state index in [1.54, 1.807) is 0 Å². The van der Waals surface area contributed by atoms with Crippen molar-refractivity contribution in [3.05, 3.63) is 78.4 Å². The fourth-order valence-electron chi connectivity index (χ4n) is 3.39. The summed E-state index contributed by atoms with van der Waals surface area (Å²) in [4.78, 5) is 4.90. The molecule has 0 amide bonds. The molecular weight excluding hydrogens is 294 g/mol. The van der Waals surface area contributed by atoms with Crippen LogP contribution >= 0.6 is 0 Å². The standard InChI is InChI=1S/C22H15NO/c1-14-11-12-18-17(13-14)20(15-7-3-2-4-8-15)22-21(23-18)16-9-5-6-10-19(16)24-22/h2-13H,1H3. The Morgan fingerprint density at radius 3 is 2.46 bits per heavy atom. The third kappa shape index (κ3) is 1.86. The molecule has 0 aliphatic heterocycles. The molecule has 0 fully saturated rings. The monoisotopic (exact) mass is 309 g/mol. The van der Waals surface area contributed by atoms with Crippen LogP contribution < -0.4 is 0 Å². The van der Waals surface area contributed by atoms with E-state index >= 15 is 0 Å². The zero-order valence-electron chi connectivity index (χ0n) is 13.3. The summed E-state index contributed by atoms with van der Waals surface area (Å²) in [6, 6.07) is 24.9. The summed E-state index contributed by atoms with van der Waals surface area (Å²) in [5.74, 6) is 0. The van der Waals surface area contributed by atoms with Crippen LogP contribution in [0.4, 0.5) is 0 Å². The molecule has 114 valence electrons. The van der Waals surface area contributed by atoms with Gasteiger partial charge < -0.3 is 4.42 Å². The molecule has 0 saturated heterocycles. The van der Waals surface area contributed by atoms with Crippen molar-refractivity contribution < 1.29 is 4.42 Å². The summed E-state index contributed by atoms with van der Waals surface area (Å²) in [5.41, 5.74) is 7.16. The van der Waals surface area contributed by atoms with Crippen LogP contribution in [0.15, 0.2) is 77.2 Å². The first-order valence-electron chi connectivity index (χ1n) is 8.08. The first-order chi connectivity index (χ1) is 11.8. The van der Waals surface area contributed by atoms with Gasteiger partial charge in [0, 0.05) is 16.3 Å². The molecule has 0 radical (unpaired) electrons. The van der Waals surface area contributed by atoms with Crippen LogP contribution in [0.25, 0.3) is 44.1 Å². The minimum atomic E-state index is 0.862. The van der Waals surface area contributed by atoms with E-state index in [4.69, 9.17) is 9.40 Å². The number of para-hydroxylation sites is 1. The highest BCUT2D eigenvalue weighted by Crippen LogP contribution is 2.39. The van der Waals surface area contributed by atoms with Crippen molar-refractivity contribution in [2.45, 2.75) is 6.92 Å². The van der Waals surface area contributed by atoms with Gasteiger partial charge in [-0.25, -0.2) is 4.98 Å². The van der Waals surface area contributed by atoms with Gasteiger partial charge in [0.15, 0.2) is 5.58 Å². The number of hydrogen-bond donors (Lipinski definition) is 0. The van der Waals surface area contributed by atoms with Crippen molar-refractivity contribution >= 4 is 33.0 Å². The molecule has 0 N–H and O–H groups in total. The van der Waals surface area contributed by atoms with Crippen molar-refractivity contribution in [3.8, 4) is 11.1 Å². The average Bonchev–Trinajstić information content (AvgIpc) is 2.98. The van der Waals surface area contributed by atoms with Gasteiger partial charge in [-0.05, 0) is 36.8 Å². The predicted molar refractivity (Wildman–Crippen MR) is 99.2 cm³/mol. The van der Waals surface area contributed by atoms with Crippen molar-refractivity contribution in [1.29, 1.82) is 0 Å². The number of benzene rings is 3. The zero-order chi connectivity index (χ0) is 16.1. The Labute approximate surface area is 139 Å². The van der Waals surface area contributed by atoms with E-state index in [9.17, 15) is 0 Å². The van der Waals surface area contributed by atoms with E-state index in [1.165, 1.54) is 5.56 Å². The molecule has 0 unspecified atom stereocenters. The molecule has 2 heterocycles. The van der Waals surface area contributed by atoms with E-state index in [0.29, 0.717) is 0 Å². The quantitative estimate of drug-likeness (QED) is 0.373. The van der Waals surface area contributed by atoms with Gasteiger partial charge in [0.05, 0.1) is 5.52 Å². The maximum atomic E-state index is 6.22. The molecule has 24 heavy (non-hydrogen) atoms. The van der Waals surface area contributed by atoms with Gasteiger partial charge in [-0.2, -0.15) is 0 Å². The van der Waals surface area contributed by atoms with Gasteiger partial charge in [0.1, 0.15) is 11.1 Å². The molecule has 0 bridgehead atoms. The van der Waals surface area contributed by atoms with E-state index < -0.39 is 0 Å². The Morgan fingerprint density at radius 2 is 1.58 bits per heavy atom. The van der Waals surface area contributed by atoms with Crippen LogP contribution in [0.3, 0.4) is 0 Å². The van der Waals surface area contributed by atoms with Crippen molar-refractivity contribution in [2.24, 2.45) is 0 Å². The maximum absolute atomic E-state index is 6.22. The molecule has 5 aromatic rings. The van der Waals surface area contributed by atoms with Crippen LogP contribution in [0, 0.1) is 6.92 Å². The Balaban J connectivity index is 2.06. The van der Waals surface area contributed by atoms with Gasteiger partial charge in [0.25, 0.3) is 0 Å². The molecule has 0 atom stereocenters. The normalized spacial score (nSPS) is 11.5. The molecule has 3 aromatic carbocycles. The van der Waals surface area contributed by atoms with Gasteiger partial charge in [-0.3, -0.25) is 0 Å². The summed E-state index contributed by atoms with van der Waals surface area (Å²) < 4.78 is 6.22. The molecule has 0 saturated carbocycles. The predicted octanol–water partition coefficient (Wildman–Crippen LogP) is 6.11. The maximum Gasteiger partial charge on any atom is 0.162 e. The zero-order valence-corrected chi connectivity index (χ0v) is 13.3. The molecule has 0 aliphatic carbocycles. The minimum absolute atomic E-state index is 0.862. The molecule has 2 nitrogen and oxygen atoms in total. The number of pyridine rings is 1. The Hall–Kier alpha value is -3.13. The topological polar surface area (TPSA) is 26.0 Å². The largest absolute Gasteiger partial charge is 0.454 e. The number of aryl methyl sites for hydroxylation is 1. The molecule has 2 heteroatoms. The molecule has 0 spiro atoms. The summed E-state index contributed by atoms with van der Waals surface area (Å²) in [6.07, 6.45) is 0. The average molecular weight is 309 g/mol. The van der Waals surface area contributed by atoms with E-state index in [-0.39, 0.29) is 0 Å². The number of rotatable bonds is 1. The third-order valence-electron chi connectivity index (χ3n) is 4.51. The lowest BCUT2D eigenvalue weighted by molar-refractivity contribution is 0.670. The highest BCUT2D eigenvalue weighted by molar-refractivity contribution is 6.14. The first kappa shape index (κ1) is 13.3. The number of nitrogens with zero attached hydrogens (tertiary/aromatic N) is 1. The highest BCUT2D eigenvalue weighted by atomic mass is 16.3. The van der Waals surface area contributed by atoms with E-state index in [2.05, 4.69) is 55.5 Å². The van der Waals surface area contributed by atoms with Crippen LogP contribution in [0.5, 0.6) is 0 Å². The lowest BCUT2D eigenvalue weighted by Crippen LogP contribution is -1.88. The third-order valence-corrected chi connectivity index (χ3v) is 4.51. The summed E-state index contributed by atoms with van der Waals surface area (Å²) in [7, 11) is 0. The van der Waals surface area contributed by atoms with Crippen LogP contribution in [-0.4, -0.2) is 4.98 Å². The Bertz CT molecular complexity index is 1200. The van der Waals surface area contributed by atoms with E-state index in [1.807, 2.05) is 24.3 Å². The lowest BCUT2D eigenvalue weighted by Gasteiger charge is -2.08. The summed E-state index contributed by atoms with van der Waals surface area (Å²) in [5, 5.41) is 2.19. The fourth-order valence-corrected chi connectivity index (χ4v) is 3.39. The Kier molecular flexibility index (Phi) is 2.74. The second-order valence-corrected chi connectivity index (χ2v) is 6.15. The van der Waals surface area contributed by atoms with Gasteiger partial charge in [0.2, 0.25) is 0 Å². The molecule has 5 rings (SSSR count). The number of furan rings is 1. The smallest absolute Gasteiger partial charge is 0.162 e.